The topological polar surface area (TPSA) is 130 Å². The van der Waals surface area contributed by atoms with Gasteiger partial charge in [-0.05, 0) is 55.7 Å². The summed E-state index contributed by atoms with van der Waals surface area (Å²) in [6, 6.07) is 4.80. The normalized spacial score (nSPS) is 17.0. The van der Waals surface area contributed by atoms with E-state index in [0.717, 1.165) is 23.1 Å². The molecule has 8 nitrogen and oxygen atoms in total. The van der Waals surface area contributed by atoms with Gasteiger partial charge in [-0.15, -0.1) is 0 Å². The number of amides is 2. The highest BCUT2D eigenvalue weighted by Gasteiger charge is 2.34. The second-order valence-corrected chi connectivity index (χ2v) is 6.04. The van der Waals surface area contributed by atoms with Crippen LogP contribution in [0.5, 0.6) is 0 Å². The van der Waals surface area contributed by atoms with Crippen LogP contribution in [0, 0.1) is 11.7 Å². The molecular formula is C17H13FN2O6S-2. The van der Waals surface area contributed by atoms with Gasteiger partial charge in [-0.3, -0.25) is 19.8 Å². The third-order valence-corrected chi connectivity index (χ3v) is 4.11. The maximum atomic E-state index is 13.1. The van der Waals surface area contributed by atoms with Gasteiger partial charge in [0, 0.05) is 17.9 Å². The van der Waals surface area contributed by atoms with Gasteiger partial charge in [-0.1, -0.05) is 6.08 Å². The van der Waals surface area contributed by atoms with E-state index in [0.29, 0.717) is 0 Å². The quantitative estimate of drug-likeness (QED) is 0.350. The standard InChI is InChI=1S/C17H15FN2O6S/c18-10-3-5-11(6-4-10)20-15(24)12(14(23)19-17(20)27)7-1-9(16(25)26)2-8-13(21)22/h3-7,9H,1-2,8H2,(H,21,22)(H,25,26)(H,19,23,27)/p-2/b12-7+/t9-/m1/s1. The average molecular weight is 392 g/mol. The zero-order valence-corrected chi connectivity index (χ0v) is 14.6. The van der Waals surface area contributed by atoms with Gasteiger partial charge < -0.3 is 19.8 Å². The number of carboxylic acid groups (broad SMARTS) is 2. The Hall–Kier alpha value is -3.14. The third kappa shape index (κ3) is 4.94. The number of aliphatic carboxylic acids is 2. The summed E-state index contributed by atoms with van der Waals surface area (Å²) in [6.07, 6.45) is 0.0118. The molecule has 1 atom stereocenters. The lowest BCUT2D eigenvalue weighted by Crippen LogP contribution is -2.54. The van der Waals surface area contributed by atoms with Gasteiger partial charge in [0.25, 0.3) is 11.8 Å². The molecule has 1 heterocycles. The lowest BCUT2D eigenvalue weighted by atomic mass is 9.97. The summed E-state index contributed by atoms with van der Waals surface area (Å²) >= 11 is 4.97. The maximum absolute atomic E-state index is 13.1. The Labute approximate surface area is 158 Å². The van der Waals surface area contributed by atoms with Crippen molar-refractivity contribution in [3.8, 4) is 0 Å². The lowest BCUT2D eigenvalue weighted by molar-refractivity contribution is -0.313. The van der Waals surface area contributed by atoms with Crippen molar-refractivity contribution < 1.29 is 33.8 Å². The van der Waals surface area contributed by atoms with Crippen LogP contribution in [0.25, 0.3) is 0 Å². The van der Waals surface area contributed by atoms with E-state index >= 15 is 0 Å². The fraction of sp³-hybridized carbons (Fsp3) is 0.235. The molecule has 0 aromatic heterocycles. The Bertz CT molecular complexity index is 836. The SMILES string of the molecule is O=C([O-])CC[C@@H](C/C=C1\C(=O)NC(=S)N(c2ccc(F)cc2)C1=O)C(=O)[O-]. The number of hydrogen-bond donors (Lipinski definition) is 1. The van der Waals surface area contributed by atoms with Crippen LogP contribution < -0.4 is 20.4 Å². The molecule has 0 bridgehead atoms. The second kappa shape index (κ2) is 8.49. The van der Waals surface area contributed by atoms with Crippen LogP contribution in [0.2, 0.25) is 0 Å². The molecule has 1 aromatic carbocycles. The van der Waals surface area contributed by atoms with Crippen LogP contribution in [0.4, 0.5) is 10.1 Å². The first-order valence-electron chi connectivity index (χ1n) is 7.77. The fourth-order valence-electron chi connectivity index (χ4n) is 2.42. The molecule has 142 valence electrons. The minimum atomic E-state index is -1.51. The van der Waals surface area contributed by atoms with Gasteiger partial charge in [-0.2, -0.15) is 0 Å². The summed E-state index contributed by atoms with van der Waals surface area (Å²) in [4.78, 5) is 47.3. The van der Waals surface area contributed by atoms with E-state index in [-0.39, 0.29) is 29.2 Å². The zero-order valence-electron chi connectivity index (χ0n) is 13.8. The summed E-state index contributed by atoms with van der Waals surface area (Å²) in [5, 5.41) is 23.7. The molecule has 2 rings (SSSR count). The van der Waals surface area contributed by atoms with E-state index in [1.54, 1.807) is 0 Å². The first-order chi connectivity index (χ1) is 12.7. The van der Waals surface area contributed by atoms with Crippen molar-refractivity contribution in [3.05, 3.63) is 41.7 Å². The molecule has 0 radical (unpaired) electrons. The number of anilines is 1. The molecule has 1 aliphatic heterocycles. The van der Waals surface area contributed by atoms with Crippen LogP contribution >= 0.6 is 12.2 Å². The number of rotatable bonds is 7. The van der Waals surface area contributed by atoms with Crippen molar-refractivity contribution in [1.29, 1.82) is 0 Å². The average Bonchev–Trinajstić information content (AvgIpc) is 2.58. The van der Waals surface area contributed by atoms with E-state index in [1.807, 2.05) is 0 Å². The number of carboxylic acids is 2. The van der Waals surface area contributed by atoms with E-state index in [2.05, 4.69) is 5.32 Å². The molecule has 1 N–H and O–H groups in total. The Morgan fingerprint density at radius 1 is 1.22 bits per heavy atom. The number of hydrogen-bond acceptors (Lipinski definition) is 7. The van der Waals surface area contributed by atoms with Gasteiger partial charge >= 0.3 is 0 Å². The van der Waals surface area contributed by atoms with E-state index in [1.165, 1.54) is 12.1 Å². The van der Waals surface area contributed by atoms with Gasteiger partial charge in [0.15, 0.2) is 5.11 Å². The molecule has 27 heavy (non-hydrogen) atoms. The molecular weight excluding hydrogens is 379 g/mol. The van der Waals surface area contributed by atoms with Crippen molar-refractivity contribution in [3.63, 3.8) is 0 Å². The van der Waals surface area contributed by atoms with Crippen LogP contribution in [0.15, 0.2) is 35.9 Å². The van der Waals surface area contributed by atoms with Crippen molar-refractivity contribution in [2.75, 3.05) is 4.90 Å². The van der Waals surface area contributed by atoms with Crippen LogP contribution in [-0.4, -0.2) is 28.9 Å². The molecule has 0 aliphatic carbocycles. The molecule has 0 spiro atoms. The van der Waals surface area contributed by atoms with Gasteiger partial charge in [-0.25, -0.2) is 4.39 Å². The Balaban J connectivity index is 2.24. The molecule has 10 heteroatoms. The van der Waals surface area contributed by atoms with Crippen molar-refractivity contribution in [2.24, 2.45) is 5.92 Å². The molecule has 0 unspecified atom stereocenters. The molecule has 1 saturated heterocycles. The summed E-state index contributed by atoms with van der Waals surface area (Å²) in [5.74, 6) is -6.31. The van der Waals surface area contributed by atoms with Crippen LogP contribution in [-0.2, 0) is 19.2 Å². The maximum Gasteiger partial charge on any atom is 0.269 e. The van der Waals surface area contributed by atoms with Gasteiger partial charge in [0.05, 0.1) is 5.69 Å². The number of nitrogens with zero attached hydrogens (tertiary/aromatic N) is 1. The number of allylic oxidation sites excluding steroid dienone is 1. The smallest absolute Gasteiger partial charge is 0.269 e. The first-order valence-corrected chi connectivity index (χ1v) is 8.17. The Kier molecular flexibility index (Phi) is 6.35. The minimum Gasteiger partial charge on any atom is -0.550 e. The predicted octanol–water partition coefficient (Wildman–Crippen LogP) is -1.21. The second-order valence-electron chi connectivity index (χ2n) is 5.66. The van der Waals surface area contributed by atoms with E-state index in [4.69, 9.17) is 12.2 Å². The number of halogens is 1. The number of carbonyl (C=O) groups is 4. The molecule has 2 amide bonds. The molecule has 0 saturated carbocycles. The summed E-state index contributed by atoms with van der Waals surface area (Å²) < 4.78 is 13.1. The highest BCUT2D eigenvalue weighted by atomic mass is 32.1. The van der Waals surface area contributed by atoms with Crippen molar-refractivity contribution in [1.82, 2.24) is 5.32 Å². The lowest BCUT2D eigenvalue weighted by Gasteiger charge is -2.29. The number of benzene rings is 1. The van der Waals surface area contributed by atoms with Crippen molar-refractivity contribution >= 4 is 46.8 Å². The third-order valence-electron chi connectivity index (χ3n) is 3.82. The van der Waals surface area contributed by atoms with Gasteiger partial charge in [0.2, 0.25) is 0 Å². The molecule has 1 aliphatic rings. The highest BCUT2D eigenvalue weighted by Crippen LogP contribution is 2.22. The number of thiocarbonyl (C=S) groups is 1. The van der Waals surface area contributed by atoms with Crippen molar-refractivity contribution in [2.45, 2.75) is 19.3 Å². The first kappa shape index (κ1) is 20.2. The zero-order chi connectivity index (χ0) is 20.1. The minimum absolute atomic E-state index is 0.206. The van der Waals surface area contributed by atoms with Gasteiger partial charge in [0.1, 0.15) is 11.4 Å². The largest absolute Gasteiger partial charge is 0.550 e. The number of nitrogens with one attached hydrogen (secondary N) is 1. The Morgan fingerprint density at radius 3 is 2.41 bits per heavy atom. The summed E-state index contributed by atoms with van der Waals surface area (Å²) in [6.45, 7) is 0. The monoisotopic (exact) mass is 392 g/mol. The predicted molar refractivity (Wildman–Crippen MR) is 90.1 cm³/mol. The summed E-state index contributed by atoms with van der Waals surface area (Å²) in [7, 11) is 0. The molecule has 1 aromatic rings. The highest BCUT2D eigenvalue weighted by molar-refractivity contribution is 7.80. The van der Waals surface area contributed by atoms with Crippen LogP contribution in [0.3, 0.4) is 0 Å². The van der Waals surface area contributed by atoms with Crippen LogP contribution in [0.1, 0.15) is 19.3 Å². The fourth-order valence-corrected chi connectivity index (χ4v) is 2.70. The molecule has 1 fully saturated rings. The summed E-state index contributed by atoms with van der Waals surface area (Å²) in [5.41, 5.74) is -0.154. The number of carbonyl (C=O) groups excluding carboxylic acids is 4. The van der Waals surface area contributed by atoms with E-state index in [9.17, 15) is 33.8 Å². The van der Waals surface area contributed by atoms with E-state index < -0.39 is 41.9 Å². The Morgan fingerprint density at radius 2 is 1.85 bits per heavy atom.